The number of benzene rings is 2. The number of rotatable bonds is 7. The monoisotopic (exact) mass is 397 g/mol. The van der Waals surface area contributed by atoms with Crippen LogP contribution in [0.15, 0.2) is 65.6 Å². The average Bonchev–Trinajstić information content (AvgIpc) is 3.30. The lowest BCUT2D eigenvalue weighted by molar-refractivity contribution is 0.194. The van der Waals surface area contributed by atoms with E-state index in [1.807, 2.05) is 19.9 Å². The maximum atomic E-state index is 13.0. The van der Waals surface area contributed by atoms with Gasteiger partial charge in [-0.3, -0.25) is 0 Å². The molecule has 0 radical (unpaired) electrons. The van der Waals surface area contributed by atoms with Crippen molar-refractivity contribution in [2.75, 3.05) is 13.1 Å². The van der Waals surface area contributed by atoms with Crippen molar-refractivity contribution in [1.29, 1.82) is 0 Å². The predicted octanol–water partition coefficient (Wildman–Crippen LogP) is 4.90. The lowest BCUT2D eigenvalue weighted by Crippen LogP contribution is -2.37. The van der Waals surface area contributed by atoms with Gasteiger partial charge in [0.05, 0.1) is 9.64 Å². The highest BCUT2D eigenvalue weighted by molar-refractivity contribution is 7.92. The molecule has 2 bridgehead atoms. The fraction of sp³-hybridized carbons (Fsp3) is 0.500. The van der Waals surface area contributed by atoms with Gasteiger partial charge in [-0.1, -0.05) is 48.5 Å². The van der Waals surface area contributed by atoms with Crippen LogP contribution in [0.3, 0.4) is 0 Å². The summed E-state index contributed by atoms with van der Waals surface area (Å²) in [5, 5.41) is 0. The van der Waals surface area contributed by atoms with Crippen LogP contribution >= 0.6 is 0 Å². The topological polar surface area (TPSA) is 37.4 Å². The molecule has 2 fully saturated rings. The zero-order chi connectivity index (χ0) is 19.8. The molecule has 150 valence electrons. The van der Waals surface area contributed by atoms with Gasteiger partial charge in [-0.2, -0.15) is 0 Å². The molecule has 1 saturated heterocycles. The Hall–Kier alpha value is -1.65. The number of hydrogen-bond donors (Lipinski definition) is 0. The molecule has 2 aromatic carbocycles. The van der Waals surface area contributed by atoms with Crippen LogP contribution in [0, 0.1) is 5.92 Å². The molecule has 4 rings (SSSR count). The van der Waals surface area contributed by atoms with Gasteiger partial charge in [-0.25, -0.2) is 8.42 Å². The standard InChI is InChI=1S/C24H31NO2S/c1-24(2,28(26,27)22-12-7-4-8-13-22)14-9-15-25-18-20-16-21(25)17-23(20)19-10-5-3-6-11-19/h3-8,10-13,20-21,23H,9,14-18H2,1-2H3/t20-,21-,23-/m1/s1. The molecule has 1 saturated carbocycles. The van der Waals surface area contributed by atoms with Crippen LogP contribution in [0.4, 0.5) is 0 Å². The van der Waals surface area contributed by atoms with Crippen LogP contribution in [-0.2, 0) is 9.84 Å². The average molecular weight is 398 g/mol. The van der Waals surface area contributed by atoms with E-state index in [-0.39, 0.29) is 0 Å². The highest BCUT2D eigenvalue weighted by Crippen LogP contribution is 2.47. The number of piperidine rings is 1. The minimum atomic E-state index is -3.31. The lowest BCUT2D eigenvalue weighted by Gasteiger charge is -2.33. The second kappa shape index (κ2) is 7.64. The zero-order valence-electron chi connectivity index (χ0n) is 16.9. The number of fused-ring (bicyclic) bond motifs is 2. The van der Waals surface area contributed by atoms with E-state index in [9.17, 15) is 8.42 Å². The number of sulfone groups is 1. The Balaban J connectivity index is 1.32. The van der Waals surface area contributed by atoms with Gasteiger partial charge in [0.2, 0.25) is 0 Å². The van der Waals surface area contributed by atoms with Gasteiger partial charge in [0.25, 0.3) is 0 Å². The summed E-state index contributed by atoms with van der Waals surface area (Å²) in [6, 6.07) is 20.5. The van der Waals surface area contributed by atoms with Gasteiger partial charge in [0, 0.05) is 12.6 Å². The van der Waals surface area contributed by atoms with Crippen LogP contribution in [0.1, 0.15) is 51.0 Å². The van der Waals surface area contributed by atoms with E-state index >= 15 is 0 Å². The number of likely N-dealkylation sites (tertiary alicyclic amines) is 1. The van der Waals surface area contributed by atoms with E-state index < -0.39 is 14.6 Å². The Morgan fingerprint density at radius 1 is 0.964 bits per heavy atom. The normalized spacial score (nSPS) is 25.3. The van der Waals surface area contributed by atoms with Gasteiger partial charge >= 0.3 is 0 Å². The van der Waals surface area contributed by atoms with Crippen molar-refractivity contribution >= 4 is 9.84 Å². The first-order chi connectivity index (χ1) is 13.4. The Labute approximate surface area is 169 Å². The summed E-state index contributed by atoms with van der Waals surface area (Å²) < 4.78 is 25.3. The molecule has 2 aromatic rings. The molecular formula is C24H31NO2S. The van der Waals surface area contributed by atoms with Gasteiger partial charge in [0.15, 0.2) is 9.84 Å². The van der Waals surface area contributed by atoms with Gasteiger partial charge < -0.3 is 4.90 Å². The van der Waals surface area contributed by atoms with Crippen molar-refractivity contribution in [3.05, 3.63) is 66.2 Å². The van der Waals surface area contributed by atoms with Crippen molar-refractivity contribution in [3.63, 3.8) is 0 Å². The van der Waals surface area contributed by atoms with Crippen LogP contribution in [0.25, 0.3) is 0 Å². The van der Waals surface area contributed by atoms with E-state index in [1.54, 1.807) is 24.3 Å². The molecular weight excluding hydrogens is 366 g/mol. The molecule has 0 N–H and O–H groups in total. The van der Waals surface area contributed by atoms with Crippen molar-refractivity contribution < 1.29 is 8.42 Å². The van der Waals surface area contributed by atoms with Crippen molar-refractivity contribution in [3.8, 4) is 0 Å². The van der Waals surface area contributed by atoms with E-state index in [0.29, 0.717) is 23.3 Å². The predicted molar refractivity (Wildman–Crippen MR) is 114 cm³/mol. The maximum Gasteiger partial charge on any atom is 0.183 e. The Kier molecular flexibility index (Phi) is 5.36. The molecule has 3 atom stereocenters. The molecule has 0 aromatic heterocycles. The lowest BCUT2D eigenvalue weighted by atomic mass is 9.87. The summed E-state index contributed by atoms with van der Waals surface area (Å²) in [6.45, 7) is 5.92. The fourth-order valence-electron chi connectivity index (χ4n) is 5.19. The number of nitrogens with zero attached hydrogens (tertiary/aromatic N) is 1. The molecule has 1 aliphatic heterocycles. The SMILES string of the molecule is CC(C)(CCCN1C[C@H]2C[C@@H]1C[C@@H]2c1ccccc1)S(=O)(=O)c1ccccc1. The molecule has 2 aliphatic rings. The Bertz CT molecular complexity index is 893. The third-order valence-electron chi connectivity index (χ3n) is 6.89. The van der Waals surface area contributed by atoms with Crippen LogP contribution in [0.5, 0.6) is 0 Å². The highest BCUT2D eigenvalue weighted by atomic mass is 32.2. The Morgan fingerprint density at radius 2 is 1.61 bits per heavy atom. The minimum absolute atomic E-state index is 0.436. The van der Waals surface area contributed by atoms with Crippen LogP contribution < -0.4 is 0 Å². The van der Waals surface area contributed by atoms with E-state index in [2.05, 4.69) is 35.2 Å². The molecule has 0 unspecified atom stereocenters. The first-order valence-electron chi connectivity index (χ1n) is 10.5. The van der Waals surface area contributed by atoms with Crippen LogP contribution in [0.2, 0.25) is 0 Å². The number of hydrogen-bond acceptors (Lipinski definition) is 3. The first-order valence-corrected chi connectivity index (χ1v) is 12.0. The minimum Gasteiger partial charge on any atom is -0.300 e. The summed E-state index contributed by atoms with van der Waals surface area (Å²) >= 11 is 0. The van der Waals surface area contributed by atoms with Gasteiger partial charge in [0.1, 0.15) is 0 Å². The molecule has 0 spiro atoms. The third kappa shape index (κ3) is 3.65. The quantitative estimate of drug-likeness (QED) is 0.667. The molecule has 4 heteroatoms. The van der Waals surface area contributed by atoms with Gasteiger partial charge in [-0.05, 0) is 75.6 Å². The fourth-order valence-corrected chi connectivity index (χ4v) is 6.76. The van der Waals surface area contributed by atoms with Crippen LogP contribution in [-0.4, -0.2) is 37.2 Å². The highest BCUT2D eigenvalue weighted by Gasteiger charge is 2.45. The molecule has 28 heavy (non-hydrogen) atoms. The molecule has 0 amide bonds. The summed E-state index contributed by atoms with van der Waals surface area (Å²) in [6.07, 6.45) is 4.17. The third-order valence-corrected chi connectivity index (χ3v) is 9.44. The smallest absolute Gasteiger partial charge is 0.183 e. The summed E-state index contributed by atoms with van der Waals surface area (Å²) in [5.41, 5.74) is 1.49. The second-order valence-corrected chi connectivity index (χ2v) is 11.7. The zero-order valence-corrected chi connectivity index (χ0v) is 17.7. The van der Waals surface area contributed by atoms with Crippen molar-refractivity contribution in [1.82, 2.24) is 4.90 Å². The van der Waals surface area contributed by atoms with E-state index in [1.165, 1.54) is 18.4 Å². The van der Waals surface area contributed by atoms with E-state index in [0.717, 1.165) is 25.4 Å². The second-order valence-electron chi connectivity index (χ2n) is 9.08. The molecule has 1 aliphatic carbocycles. The molecule has 3 nitrogen and oxygen atoms in total. The first kappa shape index (κ1) is 19.7. The van der Waals surface area contributed by atoms with Crippen molar-refractivity contribution in [2.24, 2.45) is 5.92 Å². The Morgan fingerprint density at radius 3 is 2.21 bits per heavy atom. The summed E-state index contributed by atoms with van der Waals surface area (Å²) in [4.78, 5) is 3.04. The largest absolute Gasteiger partial charge is 0.300 e. The van der Waals surface area contributed by atoms with Gasteiger partial charge in [-0.15, -0.1) is 0 Å². The molecule has 1 heterocycles. The maximum absolute atomic E-state index is 13.0. The summed E-state index contributed by atoms with van der Waals surface area (Å²) in [5.74, 6) is 1.46. The van der Waals surface area contributed by atoms with E-state index in [4.69, 9.17) is 0 Å². The van der Waals surface area contributed by atoms with Crippen molar-refractivity contribution in [2.45, 2.75) is 61.1 Å². The summed E-state index contributed by atoms with van der Waals surface area (Å²) in [7, 11) is -3.31.